The highest BCUT2D eigenvalue weighted by atomic mass is 16.5. The summed E-state index contributed by atoms with van der Waals surface area (Å²) < 4.78 is 12.4. The molecule has 0 bridgehead atoms. The number of aliphatic hydroxyl groups excluding tert-OH is 2. The third-order valence-electron chi connectivity index (χ3n) is 6.67. The molecule has 1 aliphatic carbocycles. The molecular weight excluding hydrogens is 432 g/mol. The lowest BCUT2D eigenvalue weighted by Crippen LogP contribution is -2.35. The minimum absolute atomic E-state index is 0.384. The number of piperidine rings is 1. The highest BCUT2D eigenvalue weighted by Crippen LogP contribution is 2.51. The first kappa shape index (κ1) is 22.8. The number of methoxy groups -OCH3 is 1. The van der Waals surface area contributed by atoms with E-state index in [1.54, 1.807) is 20.2 Å². The molecule has 5 rings (SSSR count). The van der Waals surface area contributed by atoms with Crippen molar-refractivity contribution >= 4 is 0 Å². The molecule has 2 aliphatic rings. The number of ether oxygens (including phenoxy) is 1. The Morgan fingerprint density at radius 3 is 2.68 bits per heavy atom. The Morgan fingerprint density at radius 2 is 1.97 bits per heavy atom. The predicted molar refractivity (Wildman–Crippen MR) is 126 cm³/mol. The van der Waals surface area contributed by atoms with Gasteiger partial charge in [-0.15, -0.1) is 0 Å². The van der Waals surface area contributed by atoms with Gasteiger partial charge in [-0.05, 0) is 30.9 Å². The summed E-state index contributed by atoms with van der Waals surface area (Å²) >= 11 is 0. The summed E-state index contributed by atoms with van der Waals surface area (Å²) in [6, 6.07) is 9.97. The third-order valence-corrected chi connectivity index (χ3v) is 6.67. The molecule has 0 spiro atoms. The number of aliphatic hydroxyl groups is 2. The van der Waals surface area contributed by atoms with E-state index in [9.17, 15) is 10.2 Å². The molecule has 0 radical (unpaired) electrons. The topological polar surface area (TPSA) is 96.8 Å². The molecule has 8 heteroatoms. The van der Waals surface area contributed by atoms with Crippen molar-refractivity contribution in [1.82, 2.24) is 19.6 Å². The van der Waals surface area contributed by atoms with Crippen molar-refractivity contribution in [3.8, 4) is 23.1 Å². The monoisotopic (exact) mass is 462 g/mol. The number of imidazole rings is 1. The SMILES string of the molecule is COCC(O)CN1CC2C(C#Cc3ccc(-c4cc(Cn5ccnc5[C@H](C)O)on4)cc3)C2C1. The summed E-state index contributed by atoms with van der Waals surface area (Å²) in [4.78, 5) is 6.50. The Kier molecular flexibility index (Phi) is 6.53. The van der Waals surface area contributed by atoms with Crippen molar-refractivity contribution in [2.75, 3.05) is 33.4 Å². The lowest BCUT2D eigenvalue weighted by atomic mass is 10.1. The van der Waals surface area contributed by atoms with Gasteiger partial charge in [-0.3, -0.25) is 0 Å². The van der Waals surface area contributed by atoms with Gasteiger partial charge in [0.1, 0.15) is 17.6 Å². The predicted octanol–water partition coefficient (Wildman–Crippen LogP) is 2.18. The van der Waals surface area contributed by atoms with Gasteiger partial charge in [-0.25, -0.2) is 4.98 Å². The minimum atomic E-state index is -0.644. The molecule has 3 heterocycles. The number of β-amino-alcohol motifs (C(OH)–C–C–N with tert-alkyl or cyclic N) is 1. The Morgan fingerprint density at radius 1 is 1.21 bits per heavy atom. The smallest absolute Gasteiger partial charge is 0.157 e. The van der Waals surface area contributed by atoms with Gasteiger partial charge in [0.05, 0.1) is 19.3 Å². The van der Waals surface area contributed by atoms with Gasteiger partial charge in [-0.2, -0.15) is 0 Å². The van der Waals surface area contributed by atoms with Crippen LogP contribution in [0.4, 0.5) is 0 Å². The quantitative estimate of drug-likeness (QED) is 0.495. The van der Waals surface area contributed by atoms with E-state index in [1.807, 2.05) is 41.1 Å². The van der Waals surface area contributed by atoms with Gasteiger partial charge in [-0.1, -0.05) is 29.1 Å². The van der Waals surface area contributed by atoms with Gasteiger partial charge < -0.3 is 28.9 Å². The highest BCUT2D eigenvalue weighted by Gasteiger charge is 2.54. The van der Waals surface area contributed by atoms with E-state index in [4.69, 9.17) is 9.26 Å². The largest absolute Gasteiger partial charge is 0.389 e. The van der Waals surface area contributed by atoms with E-state index in [-0.39, 0.29) is 0 Å². The van der Waals surface area contributed by atoms with Crippen LogP contribution in [0.25, 0.3) is 11.3 Å². The van der Waals surface area contributed by atoms with Crippen LogP contribution < -0.4 is 0 Å². The maximum absolute atomic E-state index is 9.91. The van der Waals surface area contributed by atoms with E-state index < -0.39 is 12.2 Å². The zero-order valence-corrected chi connectivity index (χ0v) is 19.5. The van der Waals surface area contributed by atoms with Crippen LogP contribution in [0.1, 0.15) is 30.2 Å². The Bertz CT molecular complexity index is 1160. The molecule has 4 atom stereocenters. The first-order valence-electron chi connectivity index (χ1n) is 11.7. The number of aromatic nitrogens is 3. The average molecular weight is 463 g/mol. The Labute approximate surface area is 199 Å². The van der Waals surface area contributed by atoms with Gasteiger partial charge in [0.15, 0.2) is 5.76 Å². The molecule has 1 aromatic carbocycles. The summed E-state index contributed by atoms with van der Waals surface area (Å²) in [7, 11) is 1.61. The van der Waals surface area contributed by atoms with E-state index in [0.29, 0.717) is 49.0 Å². The summed E-state index contributed by atoms with van der Waals surface area (Å²) in [5.41, 5.74) is 2.72. The number of hydrogen-bond acceptors (Lipinski definition) is 7. The molecule has 34 heavy (non-hydrogen) atoms. The Balaban J connectivity index is 1.15. The van der Waals surface area contributed by atoms with Crippen LogP contribution in [0.15, 0.2) is 47.2 Å². The van der Waals surface area contributed by atoms with Gasteiger partial charge in [0.2, 0.25) is 0 Å². The Hall–Kier alpha value is -2.96. The standard InChI is InChI=1S/C26H30N4O4/c1-17(31)26-27-9-10-30(26)13-21-11-25(28-34-21)19-6-3-18(4-7-19)5-8-22-23-14-29(15-24(22)23)12-20(32)16-33-2/h3-4,6-7,9-11,17,20,22-24,31-32H,12-16H2,1-2H3/t17-,20?,22?,23?,24?/m0/s1. The zero-order chi connectivity index (χ0) is 23.7. The van der Waals surface area contributed by atoms with E-state index in [1.165, 1.54) is 0 Å². The molecule has 1 aliphatic heterocycles. The molecule has 3 aromatic rings. The molecule has 2 N–H and O–H groups in total. The lowest BCUT2D eigenvalue weighted by Gasteiger charge is -2.21. The van der Waals surface area contributed by atoms with Gasteiger partial charge in [0, 0.05) is 62.2 Å². The summed E-state index contributed by atoms with van der Waals surface area (Å²) in [6.45, 7) is 5.23. The molecule has 1 saturated carbocycles. The van der Waals surface area contributed by atoms with Crippen molar-refractivity contribution in [2.24, 2.45) is 17.8 Å². The van der Waals surface area contributed by atoms with E-state index in [0.717, 1.165) is 29.9 Å². The molecule has 3 unspecified atom stereocenters. The van der Waals surface area contributed by atoms with Gasteiger partial charge >= 0.3 is 0 Å². The van der Waals surface area contributed by atoms with Gasteiger partial charge in [0.25, 0.3) is 0 Å². The summed E-state index contributed by atoms with van der Waals surface area (Å²) in [6.07, 6.45) is 2.42. The molecule has 8 nitrogen and oxygen atoms in total. The number of rotatable bonds is 8. The number of fused-ring (bicyclic) bond motifs is 1. The van der Waals surface area contributed by atoms with Crippen LogP contribution in [-0.2, 0) is 11.3 Å². The maximum atomic E-state index is 9.91. The van der Waals surface area contributed by atoms with Crippen molar-refractivity contribution in [3.05, 3.63) is 59.9 Å². The van der Waals surface area contributed by atoms with Crippen molar-refractivity contribution < 1.29 is 19.5 Å². The zero-order valence-electron chi connectivity index (χ0n) is 19.5. The van der Waals surface area contributed by atoms with Crippen LogP contribution in [-0.4, -0.2) is 69.3 Å². The molecule has 2 fully saturated rings. The van der Waals surface area contributed by atoms with Crippen molar-refractivity contribution in [2.45, 2.75) is 25.7 Å². The van der Waals surface area contributed by atoms with Crippen molar-refractivity contribution in [1.29, 1.82) is 0 Å². The van der Waals surface area contributed by atoms with Crippen LogP contribution in [0.2, 0.25) is 0 Å². The van der Waals surface area contributed by atoms with E-state index >= 15 is 0 Å². The maximum Gasteiger partial charge on any atom is 0.157 e. The first-order chi connectivity index (χ1) is 16.5. The fraction of sp³-hybridized carbons (Fsp3) is 0.462. The second kappa shape index (κ2) is 9.72. The number of nitrogens with zero attached hydrogens (tertiary/aromatic N) is 4. The lowest BCUT2D eigenvalue weighted by molar-refractivity contribution is 0.0400. The molecule has 2 aromatic heterocycles. The number of likely N-dealkylation sites (tertiary alicyclic amines) is 1. The van der Waals surface area contributed by atoms with Crippen LogP contribution in [0, 0.1) is 29.6 Å². The van der Waals surface area contributed by atoms with Crippen molar-refractivity contribution in [3.63, 3.8) is 0 Å². The first-order valence-corrected chi connectivity index (χ1v) is 11.7. The normalized spacial score (nSPS) is 23.2. The van der Waals surface area contributed by atoms with E-state index in [2.05, 4.69) is 26.9 Å². The fourth-order valence-electron chi connectivity index (χ4n) is 4.92. The fourth-order valence-corrected chi connectivity index (χ4v) is 4.92. The van der Waals surface area contributed by atoms with Crippen LogP contribution in [0.5, 0.6) is 0 Å². The summed E-state index contributed by atoms with van der Waals surface area (Å²) in [5.74, 6) is 9.78. The molecule has 0 amide bonds. The average Bonchev–Trinajstić information content (AvgIpc) is 3.30. The second-order valence-electron chi connectivity index (χ2n) is 9.30. The number of hydrogen-bond donors (Lipinski definition) is 2. The van der Waals surface area contributed by atoms with Crippen LogP contribution in [0.3, 0.4) is 0 Å². The van der Waals surface area contributed by atoms with Crippen LogP contribution >= 0.6 is 0 Å². The second-order valence-corrected chi connectivity index (χ2v) is 9.30. The molecule has 1 saturated heterocycles. The molecule has 178 valence electrons. The number of benzene rings is 1. The summed E-state index contributed by atoms with van der Waals surface area (Å²) in [5, 5.41) is 23.9. The molecular formula is C26H30N4O4. The highest BCUT2D eigenvalue weighted by molar-refractivity contribution is 5.60. The third kappa shape index (κ3) is 4.93. The minimum Gasteiger partial charge on any atom is -0.389 e.